The molecule has 0 radical (unpaired) electrons. The van der Waals surface area contributed by atoms with E-state index in [1.807, 2.05) is 6.07 Å². The number of Topliss-reactive ketones (excluding diaryl/α,β-unsaturated/α-hetero) is 1. The molecule has 3 rings (SSSR count). The van der Waals surface area contributed by atoms with Gasteiger partial charge in [0.2, 0.25) is 0 Å². The Labute approximate surface area is 170 Å². The minimum Gasteiger partial charge on any atom is -0.457 e. The van der Waals surface area contributed by atoms with E-state index in [9.17, 15) is 14.9 Å². The maximum atomic E-state index is 12.0. The van der Waals surface area contributed by atoms with Crippen molar-refractivity contribution < 1.29 is 14.3 Å². The lowest BCUT2D eigenvalue weighted by molar-refractivity contribution is -0.141. The predicted octanol–water partition coefficient (Wildman–Crippen LogP) is 4.11. The number of hydrogen-bond donors (Lipinski definition) is 0. The van der Waals surface area contributed by atoms with Gasteiger partial charge < -0.3 is 4.74 Å². The van der Waals surface area contributed by atoms with Crippen LogP contribution in [-0.4, -0.2) is 29.1 Å². The summed E-state index contributed by atoms with van der Waals surface area (Å²) in [6, 6.07) is 11.0. The molecular formula is C20H17BrN2O3S. The quantitative estimate of drug-likeness (QED) is 0.363. The zero-order chi connectivity index (χ0) is 19.2. The van der Waals surface area contributed by atoms with Crippen molar-refractivity contribution in [3.8, 4) is 6.07 Å². The molecule has 1 aliphatic carbocycles. The van der Waals surface area contributed by atoms with Gasteiger partial charge in [-0.05, 0) is 43.0 Å². The predicted molar refractivity (Wildman–Crippen MR) is 106 cm³/mol. The third kappa shape index (κ3) is 5.18. The van der Waals surface area contributed by atoms with E-state index in [1.165, 1.54) is 11.8 Å². The summed E-state index contributed by atoms with van der Waals surface area (Å²) in [5, 5.41) is 9.96. The van der Waals surface area contributed by atoms with E-state index in [0.717, 1.165) is 35.0 Å². The van der Waals surface area contributed by atoms with Gasteiger partial charge in [-0.3, -0.25) is 9.59 Å². The van der Waals surface area contributed by atoms with Crippen molar-refractivity contribution in [1.82, 2.24) is 4.98 Å². The molecule has 7 heteroatoms. The largest absolute Gasteiger partial charge is 0.457 e. The Morgan fingerprint density at radius 1 is 1.26 bits per heavy atom. The number of benzene rings is 1. The van der Waals surface area contributed by atoms with Crippen molar-refractivity contribution in [3.63, 3.8) is 0 Å². The average Bonchev–Trinajstić information content (AvgIpc) is 3.13. The number of rotatable bonds is 7. The molecule has 0 bridgehead atoms. The molecule has 1 aromatic heterocycles. The highest BCUT2D eigenvalue weighted by Crippen LogP contribution is 2.28. The van der Waals surface area contributed by atoms with E-state index < -0.39 is 5.97 Å². The zero-order valence-corrected chi connectivity index (χ0v) is 16.9. The molecule has 0 saturated carbocycles. The number of halogens is 1. The normalized spacial score (nSPS) is 12.3. The Hall–Kier alpha value is -2.17. The second-order valence-corrected chi connectivity index (χ2v) is 8.10. The van der Waals surface area contributed by atoms with Gasteiger partial charge in [-0.1, -0.05) is 28.1 Å². The van der Waals surface area contributed by atoms with Crippen LogP contribution in [0.15, 0.2) is 39.8 Å². The van der Waals surface area contributed by atoms with Crippen LogP contribution in [0, 0.1) is 11.3 Å². The topological polar surface area (TPSA) is 80.1 Å². The molecule has 0 saturated heterocycles. The molecule has 0 fully saturated rings. The Morgan fingerprint density at radius 3 is 2.78 bits per heavy atom. The number of carbonyl (C=O) groups excluding carboxylic acids is 2. The minimum absolute atomic E-state index is 0.155. The number of hydrogen-bond acceptors (Lipinski definition) is 6. The molecule has 1 aliphatic rings. The van der Waals surface area contributed by atoms with Gasteiger partial charge in [0.05, 0.1) is 12.0 Å². The molecule has 0 unspecified atom stereocenters. The van der Waals surface area contributed by atoms with Crippen LogP contribution in [0.25, 0.3) is 0 Å². The van der Waals surface area contributed by atoms with E-state index in [1.54, 1.807) is 24.3 Å². The summed E-state index contributed by atoms with van der Waals surface area (Å²) < 4.78 is 5.94. The molecule has 0 spiro atoms. The summed E-state index contributed by atoms with van der Waals surface area (Å²) in [6.45, 7) is -0.272. The van der Waals surface area contributed by atoms with E-state index in [0.29, 0.717) is 21.9 Å². The van der Waals surface area contributed by atoms with Crippen molar-refractivity contribution in [3.05, 3.63) is 57.2 Å². The molecule has 1 aromatic carbocycles. The van der Waals surface area contributed by atoms with Gasteiger partial charge in [0, 0.05) is 21.5 Å². The van der Waals surface area contributed by atoms with Gasteiger partial charge in [0.25, 0.3) is 0 Å². The third-order valence-corrected chi connectivity index (χ3v) is 5.73. The van der Waals surface area contributed by atoms with Gasteiger partial charge in [0.15, 0.2) is 12.4 Å². The summed E-state index contributed by atoms with van der Waals surface area (Å²) in [7, 11) is 0. The Kier molecular flexibility index (Phi) is 6.64. The van der Waals surface area contributed by atoms with Crippen molar-refractivity contribution in [2.45, 2.75) is 30.7 Å². The number of pyridine rings is 1. The Balaban J connectivity index is 1.47. The smallest absolute Gasteiger partial charge is 0.307 e. The molecule has 27 heavy (non-hydrogen) atoms. The maximum Gasteiger partial charge on any atom is 0.307 e. The standard InChI is InChI=1S/C20H17BrN2O3S/c21-16-6-4-13(5-7-16)18(24)12-26-19(25)8-9-27-20-15(11-22)10-14-2-1-3-17(14)23-20/h4-7,10H,1-3,8-9,12H2. The number of nitrogens with zero attached hydrogens (tertiary/aromatic N) is 2. The number of fused-ring (bicyclic) bond motifs is 1. The van der Waals surface area contributed by atoms with E-state index in [-0.39, 0.29) is 18.8 Å². The first-order chi connectivity index (χ1) is 13.1. The van der Waals surface area contributed by atoms with Crippen molar-refractivity contribution in [2.24, 2.45) is 0 Å². The Morgan fingerprint density at radius 2 is 2.04 bits per heavy atom. The SMILES string of the molecule is N#Cc1cc2c(nc1SCCC(=O)OCC(=O)c1ccc(Br)cc1)CCC2. The van der Waals surface area contributed by atoms with Crippen LogP contribution in [-0.2, 0) is 22.4 Å². The van der Waals surface area contributed by atoms with E-state index in [4.69, 9.17) is 4.74 Å². The van der Waals surface area contributed by atoms with E-state index >= 15 is 0 Å². The first-order valence-corrected chi connectivity index (χ1v) is 10.3. The second-order valence-electron chi connectivity index (χ2n) is 6.10. The molecule has 5 nitrogen and oxygen atoms in total. The summed E-state index contributed by atoms with van der Waals surface area (Å²) in [6.07, 6.45) is 3.14. The van der Waals surface area contributed by atoms with Crippen molar-refractivity contribution >= 4 is 39.4 Å². The molecule has 0 atom stereocenters. The number of aryl methyl sites for hydroxylation is 2. The highest BCUT2D eigenvalue weighted by Gasteiger charge is 2.17. The fraction of sp³-hybridized carbons (Fsp3) is 0.300. The van der Waals surface area contributed by atoms with Crippen molar-refractivity contribution in [2.75, 3.05) is 12.4 Å². The molecule has 1 heterocycles. The van der Waals surface area contributed by atoms with Crippen LogP contribution in [0.4, 0.5) is 0 Å². The summed E-state index contributed by atoms with van der Waals surface area (Å²) in [5.74, 6) is -0.227. The molecule has 2 aromatic rings. The molecular weight excluding hydrogens is 428 g/mol. The highest BCUT2D eigenvalue weighted by molar-refractivity contribution is 9.10. The molecule has 0 amide bonds. The monoisotopic (exact) mass is 444 g/mol. The summed E-state index contributed by atoms with van der Waals surface area (Å²) >= 11 is 4.68. The van der Waals surface area contributed by atoms with Crippen molar-refractivity contribution in [1.29, 1.82) is 5.26 Å². The number of esters is 1. The fourth-order valence-corrected chi connectivity index (χ4v) is 3.97. The summed E-state index contributed by atoms with van der Waals surface area (Å²) in [5.41, 5.74) is 3.27. The van der Waals surface area contributed by atoms with Crippen LogP contribution in [0.2, 0.25) is 0 Å². The molecule has 0 aliphatic heterocycles. The van der Waals surface area contributed by atoms with Crippen LogP contribution < -0.4 is 0 Å². The zero-order valence-electron chi connectivity index (χ0n) is 14.5. The average molecular weight is 445 g/mol. The van der Waals surface area contributed by atoms with Gasteiger partial charge >= 0.3 is 5.97 Å². The lowest BCUT2D eigenvalue weighted by Gasteiger charge is -2.07. The van der Waals surface area contributed by atoms with Crippen LogP contribution in [0.5, 0.6) is 0 Å². The summed E-state index contributed by atoms with van der Waals surface area (Å²) in [4.78, 5) is 28.5. The number of carbonyl (C=O) groups is 2. The molecule has 0 N–H and O–H groups in total. The number of thioether (sulfide) groups is 1. The van der Waals surface area contributed by atoms with Gasteiger partial charge in [-0.15, -0.1) is 11.8 Å². The third-order valence-electron chi connectivity index (χ3n) is 4.21. The lowest BCUT2D eigenvalue weighted by atomic mass is 10.1. The lowest BCUT2D eigenvalue weighted by Crippen LogP contribution is -2.14. The molecule has 138 valence electrons. The Bertz CT molecular complexity index is 907. The number of ketones is 1. The number of nitriles is 1. The van der Waals surface area contributed by atoms with Gasteiger partial charge in [-0.25, -0.2) is 4.98 Å². The minimum atomic E-state index is -0.437. The first kappa shape index (κ1) is 19.6. The number of ether oxygens (including phenoxy) is 1. The van der Waals surface area contributed by atoms with Crippen LogP contribution in [0.3, 0.4) is 0 Å². The van der Waals surface area contributed by atoms with Gasteiger partial charge in [0.1, 0.15) is 11.1 Å². The highest BCUT2D eigenvalue weighted by atomic mass is 79.9. The number of aromatic nitrogens is 1. The van der Waals surface area contributed by atoms with Crippen LogP contribution in [0.1, 0.15) is 40.0 Å². The second kappa shape index (κ2) is 9.16. The van der Waals surface area contributed by atoms with E-state index in [2.05, 4.69) is 27.0 Å². The van der Waals surface area contributed by atoms with Gasteiger partial charge in [-0.2, -0.15) is 5.26 Å². The first-order valence-electron chi connectivity index (χ1n) is 8.57. The fourth-order valence-electron chi connectivity index (χ4n) is 2.81. The maximum absolute atomic E-state index is 12.0. The van der Waals surface area contributed by atoms with Crippen LogP contribution >= 0.6 is 27.7 Å².